The summed E-state index contributed by atoms with van der Waals surface area (Å²) in [5.74, 6) is 1.39. The van der Waals surface area contributed by atoms with Crippen molar-refractivity contribution in [3.63, 3.8) is 0 Å². The fourth-order valence-corrected chi connectivity index (χ4v) is 5.63. The van der Waals surface area contributed by atoms with E-state index in [2.05, 4.69) is 20.8 Å². The number of Topliss-reactive ketones (excluding diaryl/α,β-unsaturated/α-hetero) is 1. The van der Waals surface area contributed by atoms with Crippen molar-refractivity contribution in [3.8, 4) is 0 Å². The molecule has 2 atom stereocenters. The second-order valence-corrected chi connectivity index (χ2v) is 12.7. The molecule has 0 fully saturated rings. The average molecular weight is 537 g/mol. The second-order valence-electron chi connectivity index (χ2n) is 12.7. The van der Waals surface area contributed by atoms with Gasteiger partial charge in [0.25, 0.3) is 0 Å². The van der Waals surface area contributed by atoms with Crippen LogP contribution in [0.2, 0.25) is 0 Å². The molecule has 0 aromatic heterocycles. The van der Waals surface area contributed by atoms with E-state index < -0.39 is 0 Å². The molecule has 0 rings (SSSR count). The van der Waals surface area contributed by atoms with Gasteiger partial charge in [-0.25, -0.2) is 0 Å². The van der Waals surface area contributed by atoms with E-state index in [9.17, 15) is 9.90 Å². The summed E-state index contributed by atoms with van der Waals surface area (Å²) in [6.07, 6.45) is 38.1. The van der Waals surface area contributed by atoms with Crippen LogP contribution < -0.4 is 0 Å². The predicted octanol–water partition coefficient (Wildman–Crippen LogP) is 12.3. The molecule has 0 radical (unpaired) electrons. The smallest absolute Gasteiger partial charge is 0.132 e. The Morgan fingerprint density at radius 2 is 0.789 bits per heavy atom. The Hall–Kier alpha value is -0.370. The molecule has 0 aliphatic carbocycles. The van der Waals surface area contributed by atoms with Gasteiger partial charge in [-0.2, -0.15) is 0 Å². The minimum Gasteiger partial charge on any atom is -0.393 e. The second kappa shape index (κ2) is 31.2. The monoisotopic (exact) mass is 537 g/mol. The first kappa shape index (κ1) is 37.6. The van der Waals surface area contributed by atoms with Crippen molar-refractivity contribution in [1.29, 1.82) is 0 Å². The van der Waals surface area contributed by atoms with Gasteiger partial charge in [-0.05, 0) is 31.6 Å². The van der Waals surface area contributed by atoms with Crippen LogP contribution in [0.4, 0.5) is 0 Å². The number of rotatable bonds is 32. The Labute approximate surface area is 240 Å². The first-order valence-electron chi connectivity index (χ1n) is 17.8. The van der Waals surface area contributed by atoms with Gasteiger partial charge in [0.1, 0.15) is 5.78 Å². The maximum atomic E-state index is 11.8. The number of hydrogen-bond donors (Lipinski definition) is 1. The van der Waals surface area contributed by atoms with Crippen molar-refractivity contribution in [1.82, 2.24) is 0 Å². The predicted molar refractivity (Wildman–Crippen MR) is 170 cm³/mol. The summed E-state index contributed by atoms with van der Waals surface area (Å²) in [5, 5.41) is 10.2. The zero-order chi connectivity index (χ0) is 27.9. The molecule has 2 unspecified atom stereocenters. The molecule has 38 heavy (non-hydrogen) atoms. The zero-order valence-electron chi connectivity index (χ0n) is 26.7. The maximum absolute atomic E-state index is 11.8. The van der Waals surface area contributed by atoms with Crippen molar-refractivity contribution < 1.29 is 9.90 Å². The zero-order valence-corrected chi connectivity index (χ0v) is 26.7. The molecule has 1 N–H and O–H groups in total. The standard InChI is InChI=1S/C36H72O2/c1-4-6-24-30-35(37)31-26-21-17-15-13-11-9-7-8-10-12-14-16-18-22-27-32-36(38)33-28-23-19-20-25-29-34(3)5-2/h34,36,38H,4-33H2,1-3H3. The van der Waals surface area contributed by atoms with E-state index in [1.165, 1.54) is 154 Å². The molecule has 0 amide bonds. The number of carbonyl (C=O) groups is 1. The molecule has 0 saturated heterocycles. The van der Waals surface area contributed by atoms with Crippen LogP contribution in [0.15, 0.2) is 0 Å². The minimum absolute atomic E-state index is 0.0501. The van der Waals surface area contributed by atoms with Crippen molar-refractivity contribution in [2.75, 3.05) is 0 Å². The summed E-state index contributed by atoms with van der Waals surface area (Å²) in [6.45, 7) is 6.86. The van der Waals surface area contributed by atoms with Crippen molar-refractivity contribution >= 4 is 5.78 Å². The third-order valence-corrected chi connectivity index (χ3v) is 8.73. The van der Waals surface area contributed by atoms with Gasteiger partial charge in [0.2, 0.25) is 0 Å². The summed E-state index contributed by atoms with van der Waals surface area (Å²) in [5.41, 5.74) is 0. The first-order valence-corrected chi connectivity index (χ1v) is 17.8. The number of carbonyl (C=O) groups excluding carboxylic acids is 1. The SMILES string of the molecule is CCCCCC(=O)CCCCCCCCCCCCCCCCCCC(O)CCCCCCCC(C)CC. The average Bonchev–Trinajstić information content (AvgIpc) is 2.91. The van der Waals surface area contributed by atoms with E-state index in [0.717, 1.165) is 44.4 Å². The fraction of sp³-hybridized carbons (Fsp3) is 0.972. The molecular formula is C36H72O2. The van der Waals surface area contributed by atoms with Gasteiger partial charge in [0, 0.05) is 12.8 Å². The van der Waals surface area contributed by atoms with Crippen LogP contribution in [0.3, 0.4) is 0 Å². The molecule has 2 nitrogen and oxygen atoms in total. The highest BCUT2D eigenvalue weighted by molar-refractivity contribution is 5.78. The van der Waals surface area contributed by atoms with Gasteiger partial charge < -0.3 is 5.11 Å². The lowest BCUT2D eigenvalue weighted by Crippen LogP contribution is -2.05. The van der Waals surface area contributed by atoms with E-state index in [-0.39, 0.29) is 6.10 Å². The minimum atomic E-state index is -0.0501. The molecule has 0 heterocycles. The molecule has 0 aromatic carbocycles. The fourth-order valence-electron chi connectivity index (χ4n) is 5.63. The lowest BCUT2D eigenvalue weighted by Gasteiger charge is -2.11. The van der Waals surface area contributed by atoms with Gasteiger partial charge in [-0.15, -0.1) is 0 Å². The molecule has 2 heteroatoms. The number of hydrogen-bond acceptors (Lipinski definition) is 2. The van der Waals surface area contributed by atoms with Gasteiger partial charge in [-0.3, -0.25) is 4.79 Å². The summed E-state index contributed by atoms with van der Waals surface area (Å²) >= 11 is 0. The quantitative estimate of drug-likeness (QED) is 0.0868. The van der Waals surface area contributed by atoms with E-state index in [1.54, 1.807) is 0 Å². The largest absolute Gasteiger partial charge is 0.393 e. The van der Waals surface area contributed by atoms with Crippen LogP contribution in [0.5, 0.6) is 0 Å². The highest BCUT2D eigenvalue weighted by atomic mass is 16.3. The molecule has 228 valence electrons. The van der Waals surface area contributed by atoms with E-state index in [0.29, 0.717) is 5.78 Å². The lowest BCUT2D eigenvalue weighted by atomic mass is 9.99. The van der Waals surface area contributed by atoms with Crippen LogP contribution in [-0.2, 0) is 4.79 Å². The molecule has 0 bridgehead atoms. The normalized spacial score (nSPS) is 13.2. The van der Waals surface area contributed by atoms with Crippen molar-refractivity contribution in [2.24, 2.45) is 5.92 Å². The Morgan fingerprint density at radius 1 is 0.474 bits per heavy atom. The van der Waals surface area contributed by atoms with Gasteiger partial charge in [0.15, 0.2) is 0 Å². The molecule has 0 aliphatic rings. The van der Waals surface area contributed by atoms with Crippen LogP contribution in [0.25, 0.3) is 0 Å². The van der Waals surface area contributed by atoms with Gasteiger partial charge in [-0.1, -0.05) is 175 Å². The van der Waals surface area contributed by atoms with E-state index in [4.69, 9.17) is 0 Å². The summed E-state index contributed by atoms with van der Waals surface area (Å²) in [7, 11) is 0. The van der Waals surface area contributed by atoms with Gasteiger partial charge >= 0.3 is 0 Å². The third-order valence-electron chi connectivity index (χ3n) is 8.73. The summed E-state index contributed by atoms with van der Waals surface area (Å²) < 4.78 is 0. The third kappa shape index (κ3) is 30.2. The number of unbranched alkanes of at least 4 members (excludes halogenated alkanes) is 21. The molecule has 0 aliphatic heterocycles. The summed E-state index contributed by atoms with van der Waals surface area (Å²) in [4.78, 5) is 11.8. The van der Waals surface area contributed by atoms with E-state index in [1.807, 2.05) is 0 Å². The Balaban J connectivity index is 3.18. The maximum Gasteiger partial charge on any atom is 0.132 e. The number of aliphatic hydroxyl groups excluding tert-OH is 1. The van der Waals surface area contributed by atoms with Crippen molar-refractivity contribution in [3.05, 3.63) is 0 Å². The molecule has 0 aromatic rings. The van der Waals surface area contributed by atoms with Crippen LogP contribution in [0.1, 0.15) is 213 Å². The molecule has 0 saturated carbocycles. The van der Waals surface area contributed by atoms with Crippen LogP contribution in [-0.4, -0.2) is 17.0 Å². The van der Waals surface area contributed by atoms with Crippen LogP contribution >= 0.6 is 0 Å². The highest BCUT2D eigenvalue weighted by Gasteiger charge is 2.05. The topological polar surface area (TPSA) is 37.3 Å². The Morgan fingerprint density at radius 3 is 1.16 bits per heavy atom. The van der Waals surface area contributed by atoms with E-state index >= 15 is 0 Å². The highest BCUT2D eigenvalue weighted by Crippen LogP contribution is 2.17. The number of ketones is 1. The van der Waals surface area contributed by atoms with Crippen LogP contribution in [0, 0.1) is 5.92 Å². The Kier molecular flexibility index (Phi) is 30.9. The number of aliphatic hydroxyl groups is 1. The Bertz CT molecular complexity index is 460. The summed E-state index contributed by atoms with van der Waals surface area (Å²) in [6, 6.07) is 0. The van der Waals surface area contributed by atoms with Crippen molar-refractivity contribution in [2.45, 2.75) is 219 Å². The van der Waals surface area contributed by atoms with Gasteiger partial charge in [0.05, 0.1) is 6.10 Å². The first-order chi connectivity index (χ1) is 18.6. The lowest BCUT2D eigenvalue weighted by molar-refractivity contribution is -0.119. The molecular weight excluding hydrogens is 464 g/mol. The molecule has 0 spiro atoms.